The van der Waals surface area contributed by atoms with Crippen LogP contribution in [0.1, 0.15) is 11.1 Å². The molecule has 0 saturated heterocycles. The van der Waals surface area contributed by atoms with Crippen LogP contribution in [0.2, 0.25) is 5.02 Å². The highest BCUT2D eigenvalue weighted by Gasteiger charge is 2.10. The first kappa shape index (κ1) is 18.3. The maximum Gasteiger partial charge on any atom is 0.344 e. The summed E-state index contributed by atoms with van der Waals surface area (Å²) >= 11 is 5.84. The van der Waals surface area contributed by atoms with Gasteiger partial charge in [-0.05, 0) is 48.9 Å². The van der Waals surface area contributed by atoms with E-state index in [2.05, 4.69) is 5.32 Å². The molecular weight excluding hydrogens is 344 g/mol. The van der Waals surface area contributed by atoms with Crippen LogP contribution in [0.4, 0.5) is 5.69 Å². The van der Waals surface area contributed by atoms with E-state index in [-0.39, 0.29) is 6.61 Å². The zero-order valence-corrected chi connectivity index (χ0v) is 14.2. The highest BCUT2D eigenvalue weighted by atomic mass is 35.5. The molecule has 0 atom stereocenters. The fourth-order valence-corrected chi connectivity index (χ4v) is 2.19. The van der Waals surface area contributed by atoms with Crippen molar-refractivity contribution in [1.29, 1.82) is 5.26 Å². The number of aryl methyl sites for hydroxylation is 1. The molecule has 1 N–H and O–H groups in total. The number of nitriles is 1. The summed E-state index contributed by atoms with van der Waals surface area (Å²) in [6.45, 7) is 1.04. The summed E-state index contributed by atoms with van der Waals surface area (Å²) in [6, 6.07) is 13.4. The van der Waals surface area contributed by atoms with Crippen molar-refractivity contribution in [2.45, 2.75) is 6.92 Å². The molecule has 0 saturated carbocycles. The summed E-state index contributed by atoms with van der Waals surface area (Å²) < 4.78 is 10.2. The van der Waals surface area contributed by atoms with Gasteiger partial charge in [0.2, 0.25) is 0 Å². The zero-order chi connectivity index (χ0) is 18.2. The minimum absolute atomic E-state index is 0.320. The van der Waals surface area contributed by atoms with Crippen molar-refractivity contribution in [1.82, 2.24) is 0 Å². The Labute approximate surface area is 149 Å². The van der Waals surface area contributed by atoms with Gasteiger partial charge in [0.25, 0.3) is 5.91 Å². The molecule has 0 unspecified atom stereocenters. The molecule has 0 radical (unpaired) electrons. The molecule has 6 nitrogen and oxygen atoms in total. The lowest BCUT2D eigenvalue weighted by Gasteiger charge is -2.09. The number of nitrogens with one attached hydrogen (secondary N) is 1. The normalized spacial score (nSPS) is 9.80. The van der Waals surface area contributed by atoms with Crippen LogP contribution in [0.3, 0.4) is 0 Å². The number of amides is 1. The Bertz CT molecular complexity index is 830. The summed E-state index contributed by atoms with van der Waals surface area (Å²) in [5.74, 6) is -0.666. The van der Waals surface area contributed by atoms with Gasteiger partial charge in [0.15, 0.2) is 13.2 Å². The van der Waals surface area contributed by atoms with Gasteiger partial charge in [0, 0.05) is 10.7 Å². The number of hydrogen-bond donors (Lipinski definition) is 1. The molecule has 1 amide bonds. The van der Waals surface area contributed by atoms with Crippen molar-refractivity contribution in [2.75, 3.05) is 18.5 Å². The van der Waals surface area contributed by atoms with E-state index in [0.29, 0.717) is 22.0 Å². The molecule has 7 heteroatoms. The van der Waals surface area contributed by atoms with Gasteiger partial charge in [-0.1, -0.05) is 17.7 Å². The Morgan fingerprint density at radius 1 is 1.20 bits per heavy atom. The number of nitrogens with zero attached hydrogens (tertiary/aromatic N) is 1. The van der Waals surface area contributed by atoms with Crippen LogP contribution >= 0.6 is 11.6 Å². The van der Waals surface area contributed by atoms with E-state index in [1.54, 1.807) is 43.3 Å². The van der Waals surface area contributed by atoms with E-state index in [1.807, 2.05) is 6.07 Å². The minimum Gasteiger partial charge on any atom is -0.482 e. The topological polar surface area (TPSA) is 88.4 Å². The first-order chi connectivity index (χ1) is 12.0. The van der Waals surface area contributed by atoms with Crippen LogP contribution in [-0.4, -0.2) is 25.1 Å². The predicted molar refractivity (Wildman–Crippen MR) is 92.4 cm³/mol. The number of esters is 1. The van der Waals surface area contributed by atoms with Crippen LogP contribution in [0.15, 0.2) is 42.5 Å². The maximum absolute atomic E-state index is 11.8. The molecular formula is C18H15ClN2O4. The molecule has 0 bridgehead atoms. The van der Waals surface area contributed by atoms with E-state index < -0.39 is 18.5 Å². The molecule has 0 fully saturated rings. The number of carbonyl (C=O) groups excluding carboxylic acids is 2. The molecule has 128 valence electrons. The third-order valence-corrected chi connectivity index (χ3v) is 3.36. The fourth-order valence-electron chi connectivity index (χ4n) is 1.96. The molecule has 2 rings (SSSR count). The summed E-state index contributed by atoms with van der Waals surface area (Å²) in [7, 11) is 0. The van der Waals surface area contributed by atoms with Gasteiger partial charge in [-0.2, -0.15) is 5.26 Å². The maximum atomic E-state index is 11.8. The van der Waals surface area contributed by atoms with Gasteiger partial charge in [-0.25, -0.2) is 4.79 Å². The lowest BCUT2D eigenvalue weighted by Crippen LogP contribution is -2.23. The van der Waals surface area contributed by atoms with Gasteiger partial charge in [0.05, 0.1) is 11.6 Å². The smallest absolute Gasteiger partial charge is 0.344 e. The molecule has 0 aliphatic rings. The van der Waals surface area contributed by atoms with Gasteiger partial charge >= 0.3 is 5.97 Å². The zero-order valence-electron chi connectivity index (χ0n) is 13.4. The number of rotatable bonds is 6. The van der Waals surface area contributed by atoms with Crippen molar-refractivity contribution in [3.05, 3.63) is 58.6 Å². The number of carbonyl (C=O) groups is 2. The van der Waals surface area contributed by atoms with E-state index in [1.165, 1.54) is 6.07 Å². The molecule has 0 aliphatic carbocycles. The lowest BCUT2D eigenvalue weighted by molar-refractivity contribution is -0.149. The first-order valence-corrected chi connectivity index (χ1v) is 7.70. The average molecular weight is 359 g/mol. The lowest BCUT2D eigenvalue weighted by atomic mass is 10.2. The SMILES string of the molecule is Cc1cc(Cl)ccc1OCC(=O)OCC(=O)Nc1cccc(C#N)c1. The quantitative estimate of drug-likeness (QED) is 0.801. The van der Waals surface area contributed by atoms with Crippen LogP contribution < -0.4 is 10.1 Å². The number of halogens is 1. The van der Waals surface area contributed by atoms with Crippen LogP contribution in [0, 0.1) is 18.3 Å². The molecule has 25 heavy (non-hydrogen) atoms. The monoisotopic (exact) mass is 358 g/mol. The van der Waals surface area contributed by atoms with Crippen LogP contribution in [0.5, 0.6) is 5.75 Å². The largest absolute Gasteiger partial charge is 0.482 e. The number of benzene rings is 2. The Kier molecular flexibility index (Phi) is 6.38. The summed E-state index contributed by atoms with van der Waals surface area (Å²) in [4.78, 5) is 23.4. The molecule has 0 aliphatic heterocycles. The van der Waals surface area contributed by atoms with Crippen molar-refractivity contribution < 1.29 is 19.1 Å². The van der Waals surface area contributed by atoms with Gasteiger partial charge in [-0.15, -0.1) is 0 Å². The van der Waals surface area contributed by atoms with Gasteiger partial charge in [0.1, 0.15) is 5.75 Å². The summed E-state index contributed by atoms with van der Waals surface area (Å²) in [5.41, 5.74) is 1.66. The predicted octanol–water partition coefficient (Wildman–Crippen LogP) is 3.08. The molecule has 0 aromatic heterocycles. The van der Waals surface area contributed by atoms with Crippen LogP contribution in [0.25, 0.3) is 0 Å². The van der Waals surface area contributed by atoms with Gasteiger partial charge in [-0.3, -0.25) is 4.79 Å². The standard InChI is InChI=1S/C18H15ClN2O4/c1-12-7-14(19)5-6-16(12)24-11-18(23)25-10-17(22)21-15-4-2-3-13(8-15)9-20/h2-8H,10-11H2,1H3,(H,21,22). The highest BCUT2D eigenvalue weighted by Crippen LogP contribution is 2.21. The number of ether oxygens (including phenoxy) is 2. The first-order valence-electron chi connectivity index (χ1n) is 7.32. The second-order valence-electron chi connectivity index (χ2n) is 5.10. The van der Waals surface area contributed by atoms with Crippen molar-refractivity contribution in [2.24, 2.45) is 0 Å². The molecule has 2 aromatic carbocycles. The van der Waals surface area contributed by atoms with Crippen LogP contribution in [-0.2, 0) is 14.3 Å². The Morgan fingerprint density at radius 2 is 2.00 bits per heavy atom. The van der Waals surface area contributed by atoms with E-state index in [0.717, 1.165) is 5.56 Å². The second-order valence-corrected chi connectivity index (χ2v) is 5.54. The van der Waals surface area contributed by atoms with Crippen molar-refractivity contribution in [3.63, 3.8) is 0 Å². The Morgan fingerprint density at radius 3 is 2.72 bits per heavy atom. The van der Waals surface area contributed by atoms with Crippen molar-refractivity contribution in [3.8, 4) is 11.8 Å². The van der Waals surface area contributed by atoms with Crippen molar-refractivity contribution >= 4 is 29.2 Å². The Balaban J connectivity index is 1.77. The number of hydrogen-bond acceptors (Lipinski definition) is 5. The molecule has 2 aromatic rings. The molecule has 0 spiro atoms. The van der Waals surface area contributed by atoms with Gasteiger partial charge < -0.3 is 14.8 Å². The number of anilines is 1. The highest BCUT2D eigenvalue weighted by molar-refractivity contribution is 6.30. The molecule has 0 heterocycles. The second kappa shape index (κ2) is 8.71. The van der Waals surface area contributed by atoms with E-state index in [9.17, 15) is 9.59 Å². The minimum atomic E-state index is -0.671. The third kappa shape index (κ3) is 5.83. The fraction of sp³-hybridized carbons (Fsp3) is 0.167. The summed E-state index contributed by atoms with van der Waals surface area (Å²) in [5, 5.41) is 11.9. The average Bonchev–Trinajstić information content (AvgIpc) is 2.59. The summed E-state index contributed by atoms with van der Waals surface area (Å²) in [6.07, 6.45) is 0. The van der Waals surface area contributed by atoms with E-state index >= 15 is 0 Å². The Hall–Kier alpha value is -3.04. The third-order valence-electron chi connectivity index (χ3n) is 3.12. The van der Waals surface area contributed by atoms with E-state index in [4.69, 9.17) is 26.3 Å².